The maximum atomic E-state index is 11.7. The lowest BCUT2D eigenvalue weighted by atomic mass is 10.1. The van der Waals surface area contributed by atoms with Crippen LogP contribution in [0.4, 0.5) is 10.7 Å². The van der Waals surface area contributed by atoms with Crippen molar-refractivity contribution >= 4 is 27.9 Å². The molecule has 0 atom stereocenters. The van der Waals surface area contributed by atoms with Crippen LogP contribution in [0.3, 0.4) is 0 Å². The molecule has 0 aliphatic carbocycles. The number of methoxy groups -OCH3 is 1. The van der Waals surface area contributed by atoms with E-state index in [1.807, 2.05) is 0 Å². The van der Waals surface area contributed by atoms with Gasteiger partial charge in [0.2, 0.25) is 0 Å². The molecule has 22 heavy (non-hydrogen) atoms. The fraction of sp³-hybridized carbons (Fsp3) is 0.214. The molecule has 8 heteroatoms. The van der Waals surface area contributed by atoms with E-state index >= 15 is 0 Å². The molecule has 0 radical (unpaired) electrons. The van der Waals surface area contributed by atoms with Crippen molar-refractivity contribution in [3.05, 3.63) is 50.9 Å². The van der Waals surface area contributed by atoms with E-state index in [0.717, 1.165) is 16.9 Å². The number of nitrogens with one attached hydrogen (secondary N) is 2. The first-order valence-corrected chi connectivity index (χ1v) is 7.29. The molecular weight excluding hydrogens is 306 g/mol. The lowest BCUT2D eigenvalue weighted by Gasteiger charge is -2.12. The fourth-order valence-corrected chi connectivity index (χ4v) is 2.61. The van der Waals surface area contributed by atoms with Gasteiger partial charge in [-0.1, -0.05) is 11.3 Å². The third-order valence-electron chi connectivity index (χ3n) is 2.99. The Morgan fingerprint density at radius 3 is 2.77 bits per heavy atom. The third kappa shape index (κ3) is 3.53. The Balaban J connectivity index is 2.16. The van der Waals surface area contributed by atoms with Crippen LogP contribution in [0.2, 0.25) is 0 Å². The first-order valence-electron chi connectivity index (χ1n) is 6.41. The van der Waals surface area contributed by atoms with Gasteiger partial charge < -0.3 is 15.4 Å². The van der Waals surface area contributed by atoms with Crippen LogP contribution in [0.25, 0.3) is 0 Å². The minimum absolute atomic E-state index is 0.0999. The lowest BCUT2D eigenvalue weighted by molar-refractivity contribution is -0.380. The molecule has 0 unspecified atom stereocenters. The number of carbonyl (C=O) groups is 1. The quantitative estimate of drug-likeness (QED) is 0.630. The van der Waals surface area contributed by atoms with E-state index in [1.54, 1.807) is 30.6 Å². The average molecular weight is 321 g/mol. The van der Waals surface area contributed by atoms with Crippen molar-refractivity contribution in [2.75, 3.05) is 19.5 Å². The number of hydrogen-bond acceptors (Lipinski definition) is 6. The summed E-state index contributed by atoms with van der Waals surface area (Å²) in [4.78, 5) is 21.9. The zero-order chi connectivity index (χ0) is 16.1. The molecule has 2 rings (SSSR count). The van der Waals surface area contributed by atoms with E-state index in [9.17, 15) is 14.9 Å². The SMILES string of the molecule is CNC(=O)c1ccc(OC)c(NCc2csc([N+](=O)[O-])c2)c1. The molecule has 7 nitrogen and oxygen atoms in total. The molecule has 1 aromatic heterocycles. The maximum absolute atomic E-state index is 11.7. The predicted octanol–water partition coefficient (Wildman–Crippen LogP) is 2.64. The van der Waals surface area contributed by atoms with Crippen LogP contribution in [0.15, 0.2) is 29.6 Å². The second kappa shape index (κ2) is 6.90. The number of ether oxygens (including phenoxy) is 1. The van der Waals surface area contributed by atoms with Crippen molar-refractivity contribution in [2.24, 2.45) is 0 Å². The van der Waals surface area contributed by atoms with Crippen LogP contribution in [0.5, 0.6) is 5.75 Å². The summed E-state index contributed by atoms with van der Waals surface area (Å²) in [5, 5.41) is 18.2. The van der Waals surface area contributed by atoms with Gasteiger partial charge in [-0.15, -0.1) is 0 Å². The van der Waals surface area contributed by atoms with E-state index in [2.05, 4.69) is 10.6 Å². The van der Waals surface area contributed by atoms with Crippen LogP contribution in [-0.2, 0) is 6.54 Å². The highest BCUT2D eigenvalue weighted by molar-refractivity contribution is 7.13. The van der Waals surface area contributed by atoms with Gasteiger partial charge in [0.1, 0.15) is 5.75 Å². The number of hydrogen-bond donors (Lipinski definition) is 2. The van der Waals surface area contributed by atoms with Gasteiger partial charge in [-0.05, 0) is 23.8 Å². The smallest absolute Gasteiger partial charge is 0.324 e. The first kappa shape index (κ1) is 15.8. The van der Waals surface area contributed by atoms with Gasteiger partial charge in [-0.3, -0.25) is 14.9 Å². The Bertz CT molecular complexity index is 699. The standard InChI is InChI=1S/C14H15N3O4S/c1-15-14(18)10-3-4-12(21-2)11(6-10)16-7-9-5-13(17(19)20)22-8-9/h3-6,8,16H,7H2,1-2H3,(H,15,18). The van der Waals surface area contributed by atoms with Gasteiger partial charge in [-0.25, -0.2) is 0 Å². The summed E-state index contributed by atoms with van der Waals surface area (Å²) in [6.45, 7) is 0.401. The van der Waals surface area contributed by atoms with E-state index in [1.165, 1.54) is 13.2 Å². The summed E-state index contributed by atoms with van der Waals surface area (Å²) in [7, 11) is 3.10. The van der Waals surface area contributed by atoms with Crippen LogP contribution in [0.1, 0.15) is 15.9 Å². The third-order valence-corrected chi connectivity index (χ3v) is 3.92. The predicted molar refractivity (Wildman–Crippen MR) is 84.7 cm³/mol. The molecule has 0 aliphatic rings. The molecule has 1 amide bonds. The van der Waals surface area contributed by atoms with Crippen LogP contribution in [-0.4, -0.2) is 25.0 Å². The molecule has 1 heterocycles. The van der Waals surface area contributed by atoms with Crippen molar-refractivity contribution in [2.45, 2.75) is 6.54 Å². The lowest BCUT2D eigenvalue weighted by Crippen LogP contribution is -2.18. The number of rotatable bonds is 6. The minimum atomic E-state index is -0.416. The van der Waals surface area contributed by atoms with Gasteiger partial charge in [-0.2, -0.15) is 0 Å². The Morgan fingerprint density at radius 1 is 1.41 bits per heavy atom. The molecule has 0 spiro atoms. The first-order chi connectivity index (χ1) is 10.5. The second-order valence-electron chi connectivity index (χ2n) is 4.40. The van der Waals surface area contributed by atoms with Gasteiger partial charge in [0.25, 0.3) is 5.91 Å². The fourth-order valence-electron chi connectivity index (χ4n) is 1.88. The number of nitro groups is 1. The molecule has 0 aliphatic heterocycles. The Hall–Kier alpha value is -2.61. The van der Waals surface area contributed by atoms with Crippen molar-refractivity contribution in [3.8, 4) is 5.75 Å². The molecule has 1 aromatic carbocycles. The van der Waals surface area contributed by atoms with E-state index in [4.69, 9.17) is 4.74 Å². The molecular formula is C14H15N3O4S. The highest BCUT2D eigenvalue weighted by Crippen LogP contribution is 2.28. The maximum Gasteiger partial charge on any atom is 0.324 e. The highest BCUT2D eigenvalue weighted by Gasteiger charge is 2.12. The van der Waals surface area contributed by atoms with Gasteiger partial charge in [0.05, 0.1) is 17.7 Å². The van der Waals surface area contributed by atoms with Gasteiger partial charge in [0.15, 0.2) is 0 Å². The normalized spacial score (nSPS) is 10.1. The number of nitrogens with zero attached hydrogens (tertiary/aromatic N) is 1. The van der Waals surface area contributed by atoms with Crippen LogP contribution < -0.4 is 15.4 Å². The van der Waals surface area contributed by atoms with E-state index in [-0.39, 0.29) is 10.9 Å². The zero-order valence-corrected chi connectivity index (χ0v) is 12.9. The summed E-state index contributed by atoms with van der Waals surface area (Å²) in [6.07, 6.45) is 0. The monoisotopic (exact) mass is 321 g/mol. The summed E-state index contributed by atoms with van der Waals surface area (Å²) in [5.41, 5.74) is 1.95. The van der Waals surface area contributed by atoms with E-state index < -0.39 is 4.92 Å². The Morgan fingerprint density at radius 2 is 2.18 bits per heavy atom. The number of carbonyl (C=O) groups excluding carboxylic acids is 1. The topological polar surface area (TPSA) is 93.5 Å². The number of amides is 1. The molecule has 116 valence electrons. The number of benzene rings is 1. The van der Waals surface area contributed by atoms with E-state index in [0.29, 0.717) is 23.5 Å². The number of anilines is 1. The summed E-state index contributed by atoms with van der Waals surface area (Å²) in [5.74, 6) is 0.397. The van der Waals surface area contributed by atoms with Gasteiger partial charge in [0, 0.05) is 30.6 Å². The van der Waals surface area contributed by atoms with Crippen LogP contribution in [0, 0.1) is 10.1 Å². The minimum Gasteiger partial charge on any atom is -0.495 e. The summed E-state index contributed by atoms with van der Waals surface area (Å²) in [6, 6.07) is 6.56. The van der Waals surface area contributed by atoms with Crippen molar-refractivity contribution < 1.29 is 14.5 Å². The highest BCUT2D eigenvalue weighted by atomic mass is 32.1. The largest absolute Gasteiger partial charge is 0.495 e. The molecule has 2 aromatic rings. The number of thiophene rings is 1. The zero-order valence-electron chi connectivity index (χ0n) is 12.1. The molecule has 0 saturated heterocycles. The van der Waals surface area contributed by atoms with Crippen molar-refractivity contribution in [1.29, 1.82) is 0 Å². The molecule has 2 N–H and O–H groups in total. The average Bonchev–Trinajstić information content (AvgIpc) is 3.01. The Kier molecular flexibility index (Phi) is 4.95. The molecule has 0 fully saturated rings. The molecule has 0 bridgehead atoms. The summed E-state index contributed by atoms with van der Waals surface area (Å²) >= 11 is 1.08. The second-order valence-corrected chi connectivity index (χ2v) is 5.29. The van der Waals surface area contributed by atoms with Gasteiger partial charge >= 0.3 is 5.00 Å². The van der Waals surface area contributed by atoms with Crippen LogP contribution >= 0.6 is 11.3 Å². The van der Waals surface area contributed by atoms with Crippen molar-refractivity contribution in [1.82, 2.24) is 5.32 Å². The Labute approximate surface area is 131 Å². The molecule has 0 saturated carbocycles. The summed E-state index contributed by atoms with van der Waals surface area (Å²) < 4.78 is 5.25. The van der Waals surface area contributed by atoms with Crippen molar-refractivity contribution in [3.63, 3.8) is 0 Å².